The Morgan fingerprint density at radius 2 is 2.29 bits per heavy atom. The SMILES string of the molecule is CCOC(=O)Cc1cccc(O)c1N. The lowest BCUT2D eigenvalue weighted by molar-refractivity contribution is -0.142. The molecule has 76 valence electrons. The predicted octanol–water partition coefficient (Wildman–Crippen LogP) is 1.08. The van der Waals surface area contributed by atoms with Crippen molar-refractivity contribution in [3.05, 3.63) is 23.8 Å². The quantitative estimate of drug-likeness (QED) is 0.430. The van der Waals surface area contributed by atoms with E-state index in [9.17, 15) is 9.90 Å². The van der Waals surface area contributed by atoms with Gasteiger partial charge in [-0.3, -0.25) is 4.79 Å². The fourth-order valence-electron chi connectivity index (χ4n) is 1.12. The van der Waals surface area contributed by atoms with Crippen molar-refractivity contribution in [1.82, 2.24) is 0 Å². The van der Waals surface area contributed by atoms with Gasteiger partial charge in [0.05, 0.1) is 18.7 Å². The molecule has 0 saturated carbocycles. The van der Waals surface area contributed by atoms with Crippen molar-refractivity contribution in [3.63, 3.8) is 0 Å². The molecule has 0 aliphatic heterocycles. The van der Waals surface area contributed by atoms with E-state index in [2.05, 4.69) is 0 Å². The number of nitrogens with two attached hydrogens (primary N) is 1. The number of para-hydroxylation sites is 1. The Bertz CT molecular complexity index is 336. The average molecular weight is 195 g/mol. The number of phenols is 1. The second-order valence-electron chi connectivity index (χ2n) is 2.83. The molecule has 0 heterocycles. The third kappa shape index (κ3) is 2.39. The molecule has 0 aromatic heterocycles. The lowest BCUT2D eigenvalue weighted by atomic mass is 10.1. The van der Waals surface area contributed by atoms with Crippen LogP contribution in [0.25, 0.3) is 0 Å². The van der Waals surface area contributed by atoms with Gasteiger partial charge in [0, 0.05) is 0 Å². The predicted molar refractivity (Wildman–Crippen MR) is 52.9 cm³/mol. The van der Waals surface area contributed by atoms with Crippen molar-refractivity contribution in [1.29, 1.82) is 0 Å². The maximum absolute atomic E-state index is 11.1. The molecule has 0 fully saturated rings. The highest BCUT2D eigenvalue weighted by atomic mass is 16.5. The van der Waals surface area contributed by atoms with Crippen LogP contribution < -0.4 is 5.73 Å². The molecule has 14 heavy (non-hydrogen) atoms. The van der Waals surface area contributed by atoms with Crippen LogP contribution in [0.2, 0.25) is 0 Å². The number of phenolic OH excluding ortho intramolecular Hbond substituents is 1. The van der Waals surface area contributed by atoms with Gasteiger partial charge in [0.15, 0.2) is 0 Å². The Kier molecular flexibility index (Phi) is 3.34. The van der Waals surface area contributed by atoms with E-state index in [1.807, 2.05) is 0 Å². The number of nitrogen functional groups attached to an aromatic ring is 1. The lowest BCUT2D eigenvalue weighted by Crippen LogP contribution is -2.09. The fraction of sp³-hybridized carbons (Fsp3) is 0.300. The van der Waals surface area contributed by atoms with Crippen LogP contribution in [0.15, 0.2) is 18.2 Å². The Labute approximate surface area is 82.3 Å². The van der Waals surface area contributed by atoms with E-state index < -0.39 is 0 Å². The van der Waals surface area contributed by atoms with Crippen LogP contribution in [0, 0.1) is 0 Å². The normalized spacial score (nSPS) is 9.79. The first-order valence-corrected chi connectivity index (χ1v) is 4.37. The van der Waals surface area contributed by atoms with Crippen LogP contribution in [-0.4, -0.2) is 17.7 Å². The zero-order valence-corrected chi connectivity index (χ0v) is 7.99. The van der Waals surface area contributed by atoms with Crippen molar-refractivity contribution in [2.24, 2.45) is 0 Å². The summed E-state index contributed by atoms with van der Waals surface area (Å²) >= 11 is 0. The van der Waals surface area contributed by atoms with Gasteiger partial charge in [-0.15, -0.1) is 0 Å². The number of carbonyl (C=O) groups excluding carboxylic acids is 1. The minimum absolute atomic E-state index is 0.00759. The molecular weight excluding hydrogens is 182 g/mol. The summed E-state index contributed by atoms with van der Waals surface area (Å²) in [5.74, 6) is -0.350. The van der Waals surface area contributed by atoms with Gasteiger partial charge in [-0.2, -0.15) is 0 Å². The average Bonchev–Trinajstić information content (AvgIpc) is 2.13. The molecule has 3 N–H and O–H groups in total. The summed E-state index contributed by atoms with van der Waals surface area (Å²) in [6.45, 7) is 2.08. The Balaban J connectivity index is 2.76. The molecule has 0 atom stereocenters. The van der Waals surface area contributed by atoms with Crippen molar-refractivity contribution in [2.45, 2.75) is 13.3 Å². The van der Waals surface area contributed by atoms with Gasteiger partial charge in [-0.25, -0.2) is 0 Å². The third-order valence-electron chi connectivity index (χ3n) is 1.81. The molecule has 4 nitrogen and oxygen atoms in total. The highest BCUT2D eigenvalue weighted by Gasteiger charge is 2.08. The van der Waals surface area contributed by atoms with E-state index in [4.69, 9.17) is 10.5 Å². The first kappa shape index (κ1) is 10.4. The van der Waals surface area contributed by atoms with Crippen LogP contribution in [-0.2, 0) is 16.0 Å². The fourth-order valence-corrected chi connectivity index (χ4v) is 1.12. The Morgan fingerprint density at radius 3 is 2.93 bits per heavy atom. The Morgan fingerprint density at radius 1 is 1.57 bits per heavy atom. The molecule has 0 unspecified atom stereocenters. The van der Waals surface area contributed by atoms with Crippen molar-refractivity contribution in [2.75, 3.05) is 12.3 Å². The molecule has 1 aromatic rings. The summed E-state index contributed by atoms with van der Waals surface area (Å²) in [6.07, 6.45) is 0.0913. The van der Waals surface area contributed by atoms with Gasteiger partial charge >= 0.3 is 5.97 Å². The number of carbonyl (C=O) groups is 1. The standard InChI is InChI=1S/C10H13NO3/c1-2-14-9(13)6-7-4-3-5-8(12)10(7)11/h3-5,12H,2,6,11H2,1H3. The number of ether oxygens (including phenoxy) is 1. The van der Waals surface area contributed by atoms with E-state index in [1.165, 1.54) is 6.07 Å². The summed E-state index contributed by atoms with van der Waals surface area (Å²) in [7, 11) is 0. The monoisotopic (exact) mass is 195 g/mol. The minimum Gasteiger partial charge on any atom is -0.506 e. The molecule has 0 radical (unpaired) electrons. The maximum Gasteiger partial charge on any atom is 0.310 e. The van der Waals surface area contributed by atoms with E-state index in [-0.39, 0.29) is 23.8 Å². The van der Waals surface area contributed by atoms with Gasteiger partial charge in [0.25, 0.3) is 0 Å². The van der Waals surface area contributed by atoms with Gasteiger partial charge in [-0.1, -0.05) is 12.1 Å². The molecule has 0 saturated heterocycles. The number of hydrogen-bond donors (Lipinski definition) is 2. The highest BCUT2D eigenvalue weighted by molar-refractivity contribution is 5.76. The molecule has 1 aromatic carbocycles. The summed E-state index contributed by atoms with van der Waals surface area (Å²) in [6, 6.07) is 4.80. The van der Waals surface area contributed by atoms with Crippen molar-refractivity contribution in [3.8, 4) is 5.75 Å². The minimum atomic E-state index is -0.343. The van der Waals surface area contributed by atoms with Gasteiger partial charge in [0.1, 0.15) is 5.75 Å². The van der Waals surface area contributed by atoms with Gasteiger partial charge in [-0.05, 0) is 18.6 Å². The molecule has 1 rings (SSSR count). The molecule has 0 bridgehead atoms. The highest BCUT2D eigenvalue weighted by Crippen LogP contribution is 2.23. The van der Waals surface area contributed by atoms with E-state index in [0.717, 1.165) is 0 Å². The van der Waals surface area contributed by atoms with Crippen LogP contribution in [0.5, 0.6) is 5.75 Å². The first-order chi connectivity index (χ1) is 6.65. The van der Waals surface area contributed by atoms with Crippen LogP contribution in [0.4, 0.5) is 5.69 Å². The zero-order valence-electron chi connectivity index (χ0n) is 7.99. The van der Waals surface area contributed by atoms with Crippen LogP contribution in [0.3, 0.4) is 0 Å². The zero-order chi connectivity index (χ0) is 10.6. The molecule has 0 spiro atoms. The van der Waals surface area contributed by atoms with Gasteiger partial charge in [0.2, 0.25) is 0 Å². The van der Waals surface area contributed by atoms with E-state index in [1.54, 1.807) is 19.1 Å². The summed E-state index contributed by atoms with van der Waals surface area (Å²) < 4.78 is 4.76. The number of hydrogen-bond acceptors (Lipinski definition) is 4. The number of anilines is 1. The molecule has 0 aliphatic rings. The molecule has 4 heteroatoms. The lowest BCUT2D eigenvalue weighted by Gasteiger charge is -2.06. The van der Waals surface area contributed by atoms with Crippen LogP contribution in [0.1, 0.15) is 12.5 Å². The van der Waals surface area contributed by atoms with Crippen molar-refractivity contribution < 1.29 is 14.6 Å². The number of aromatic hydroxyl groups is 1. The second-order valence-corrected chi connectivity index (χ2v) is 2.83. The molecule has 0 aliphatic carbocycles. The summed E-state index contributed by atoms with van der Waals surface area (Å²) in [5, 5.41) is 9.27. The smallest absolute Gasteiger partial charge is 0.310 e. The number of rotatable bonds is 3. The summed E-state index contributed by atoms with van der Waals surface area (Å²) in [4.78, 5) is 11.1. The molecule has 0 amide bonds. The number of benzene rings is 1. The maximum atomic E-state index is 11.1. The second kappa shape index (κ2) is 4.50. The van der Waals surface area contributed by atoms with Crippen LogP contribution >= 0.6 is 0 Å². The number of esters is 1. The Hall–Kier alpha value is -1.71. The molecular formula is C10H13NO3. The van der Waals surface area contributed by atoms with Gasteiger partial charge < -0.3 is 15.6 Å². The largest absolute Gasteiger partial charge is 0.506 e. The van der Waals surface area contributed by atoms with E-state index in [0.29, 0.717) is 12.2 Å². The topological polar surface area (TPSA) is 72.5 Å². The summed E-state index contributed by atoms with van der Waals surface area (Å²) in [5.41, 5.74) is 6.39. The van der Waals surface area contributed by atoms with E-state index >= 15 is 0 Å². The van der Waals surface area contributed by atoms with Crippen molar-refractivity contribution >= 4 is 11.7 Å². The third-order valence-corrected chi connectivity index (χ3v) is 1.81. The first-order valence-electron chi connectivity index (χ1n) is 4.37.